The molecule has 0 saturated carbocycles. The molecule has 0 fully saturated rings. The molecule has 0 unspecified atom stereocenters. The van der Waals surface area contributed by atoms with E-state index >= 15 is 0 Å². The Kier molecular flexibility index (Phi) is 9.74. The Balaban J connectivity index is 3.89. The average Bonchev–Trinajstić information content (AvgIpc) is 2.48. The van der Waals surface area contributed by atoms with Crippen LogP contribution in [0.3, 0.4) is 0 Å². The number of rotatable bonds is 13. The fraction of sp³-hybridized carbons (Fsp3) is 0.895. The number of amides is 1. The largest absolute Gasteiger partial charge is 0.380 e. The Morgan fingerprint density at radius 2 is 1.71 bits per heavy atom. The van der Waals surface area contributed by atoms with Crippen molar-refractivity contribution < 1.29 is 14.3 Å². The van der Waals surface area contributed by atoms with Crippen LogP contribution in [-0.2, 0) is 14.3 Å². The van der Waals surface area contributed by atoms with Gasteiger partial charge in [0.2, 0.25) is 5.91 Å². The molecule has 0 radical (unpaired) electrons. The van der Waals surface area contributed by atoms with E-state index in [1.54, 1.807) is 0 Å². The van der Waals surface area contributed by atoms with Gasteiger partial charge in [-0.05, 0) is 26.7 Å². The van der Waals surface area contributed by atoms with Crippen molar-refractivity contribution in [1.82, 2.24) is 5.32 Å². The van der Waals surface area contributed by atoms with Crippen molar-refractivity contribution in [1.29, 1.82) is 5.41 Å². The van der Waals surface area contributed by atoms with Gasteiger partial charge >= 0.3 is 0 Å². The van der Waals surface area contributed by atoms with E-state index in [2.05, 4.69) is 12.2 Å². The molecule has 0 spiro atoms. The Hall–Kier alpha value is -0.940. The number of nitrogens with one attached hydrogen (secondary N) is 2. The minimum absolute atomic E-state index is 0.0884. The van der Waals surface area contributed by atoms with Gasteiger partial charge in [0.05, 0.1) is 18.8 Å². The fourth-order valence-corrected chi connectivity index (χ4v) is 2.13. The molecule has 0 atom stereocenters. The van der Waals surface area contributed by atoms with E-state index in [0.717, 1.165) is 19.3 Å². The topological polar surface area (TPSA) is 71.4 Å². The van der Waals surface area contributed by atoms with Crippen molar-refractivity contribution in [2.45, 2.75) is 73.3 Å². The molecule has 24 heavy (non-hydrogen) atoms. The summed E-state index contributed by atoms with van der Waals surface area (Å²) in [6.45, 7) is 16.2. The first-order valence-corrected chi connectivity index (χ1v) is 8.97. The average molecular weight is 343 g/mol. The van der Waals surface area contributed by atoms with Gasteiger partial charge in [-0.1, -0.05) is 41.0 Å². The Morgan fingerprint density at radius 1 is 1.08 bits per heavy atom. The third kappa shape index (κ3) is 10.0. The third-order valence-electron chi connectivity index (χ3n) is 4.10. The smallest absolute Gasteiger partial charge is 0.225 e. The molecule has 0 aliphatic rings. The maximum absolute atomic E-state index is 12.0. The van der Waals surface area contributed by atoms with Crippen LogP contribution in [0.4, 0.5) is 0 Å². The Bertz CT molecular complexity index is 390. The molecule has 0 aromatic heterocycles. The Labute approximate surface area is 148 Å². The monoisotopic (exact) mass is 342 g/mol. The first kappa shape index (κ1) is 23.1. The quantitative estimate of drug-likeness (QED) is 0.395. The van der Waals surface area contributed by atoms with Crippen molar-refractivity contribution in [3.05, 3.63) is 0 Å². The van der Waals surface area contributed by atoms with Crippen LogP contribution in [0.15, 0.2) is 0 Å². The van der Waals surface area contributed by atoms with Crippen molar-refractivity contribution in [3.63, 3.8) is 0 Å². The van der Waals surface area contributed by atoms with Crippen molar-refractivity contribution >= 4 is 12.1 Å². The van der Waals surface area contributed by atoms with Gasteiger partial charge in [-0.3, -0.25) is 4.79 Å². The van der Waals surface area contributed by atoms with E-state index in [0.29, 0.717) is 26.4 Å². The van der Waals surface area contributed by atoms with Crippen molar-refractivity contribution in [3.8, 4) is 0 Å². The highest BCUT2D eigenvalue weighted by atomic mass is 16.5. The van der Waals surface area contributed by atoms with Gasteiger partial charge in [0, 0.05) is 30.2 Å². The van der Waals surface area contributed by atoms with Crippen LogP contribution in [0.5, 0.6) is 0 Å². The van der Waals surface area contributed by atoms with E-state index in [4.69, 9.17) is 14.9 Å². The van der Waals surface area contributed by atoms with Crippen molar-refractivity contribution in [2.24, 2.45) is 10.8 Å². The van der Waals surface area contributed by atoms with E-state index in [-0.39, 0.29) is 22.3 Å². The summed E-state index contributed by atoms with van der Waals surface area (Å²) in [4.78, 5) is 12.0. The van der Waals surface area contributed by atoms with Crippen LogP contribution < -0.4 is 5.32 Å². The van der Waals surface area contributed by atoms with Gasteiger partial charge in [-0.2, -0.15) is 0 Å². The summed E-state index contributed by atoms with van der Waals surface area (Å²) in [6, 6.07) is 0. The molecule has 0 rings (SSSR count). The molecule has 0 aliphatic heterocycles. The molecule has 0 aromatic carbocycles. The molecule has 0 aromatic rings. The van der Waals surface area contributed by atoms with Crippen LogP contribution in [0, 0.1) is 16.2 Å². The van der Waals surface area contributed by atoms with Gasteiger partial charge in [0.1, 0.15) is 0 Å². The zero-order valence-corrected chi connectivity index (χ0v) is 16.8. The van der Waals surface area contributed by atoms with E-state index in [1.807, 2.05) is 41.5 Å². The highest BCUT2D eigenvalue weighted by molar-refractivity contribution is 5.81. The molecule has 5 heteroatoms. The van der Waals surface area contributed by atoms with Crippen LogP contribution in [0.2, 0.25) is 0 Å². The second-order valence-corrected chi connectivity index (χ2v) is 8.43. The summed E-state index contributed by atoms with van der Waals surface area (Å²) in [5.41, 5.74) is -0.841. The lowest BCUT2D eigenvalue weighted by molar-refractivity contribution is -0.130. The van der Waals surface area contributed by atoms with Crippen LogP contribution >= 0.6 is 0 Å². The SMILES string of the molecule is CCCC(C)(C)C(=O)NCCOCCC(C)(C)OCC(C)(C)C=N. The lowest BCUT2D eigenvalue weighted by atomic mass is 9.87. The number of carbonyl (C=O) groups is 1. The summed E-state index contributed by atoms with van der Waals surface area (Å²) < 4.78 is 11.5. The number of carbonyl (C=O) groups excluding carboxylic acids is 1. The van der Waals surface area contributed by atoms with Gasteiger partial charge in [0.25, 0.3) is 0 Å². The summed E-state index contributed by atoms with van der Waals surface area (Å²) in [7, 11) is 0. The Morgan fingerprint density at radius 3 is 2.25 bits per heavy atom. The maximum atomic E-state index is 12.0. The highest BCUT2D eigenvalue weighted by Gasteiger charge is 2.26. The molecule has 5 nitrogen and oxygen atoms in total. The number of ether oxygens (including phenoxy) is 2. The van der Waals surface area contributed by atoms with Gasteiger partial charge in [-0.25, -0.2) is 0 Å². The molecule has 1 amide bonds. The summed E-state index contributed by atoms with van der Waals surface area (Å²) in [6.07, 6.45) is 4.08. The minimum atomic E-state index is -0.313. The molecular formula is C19H38N2O3. The van der Waals surface area contributed by atoms with Gasteiger partial charge in [-0.15, -0.1) is 0 Å². The standard InChI is InChI=1S/C19H38N2O3/c1-8-9-18(4,5)16(22)21-11-13-23-12-10-19(6,7)24-15-17(2,3)14-20/h14,20H,8-13,15H2,1-7H3,(H,21,22). The lowest BCUT2D eigenvalue weighted by Gasteiger charge is -2.29. The van der Waals surface area contributed by atoms with Crippen LogP contribution in [0.1, 0.15) is 67.7 Å². The molecule has 2 N–H and O–H groups in total. The predicted molar refractivity (Wildman–Crippen MR) is 99.7 cm³/mol. The zero-order valence-electron chi connectivity index (χ0n) is 16.8. The second-order valence-electron chi connectivity index (χ2n) is 8.43. The molecule has 0 heterocycles. The molecular weight excluding hydrogens is 304 g/mol. The zero-order chi connectivity index (χ0) is 18.9. The number of hydrogen-bond acceptors (Lipinski definition) is 4. The molecule has 0 bridgehead atoms. The van der Waals surface area contributed by atoms with Gasteiger partial charge < -0.3 is 20.2 Å². The third-order valence-corrected chi connectivity index (χ3v) is 4.10. The molecule has 0 aliphatic carbocycles. The first-order valence-electron chi connectivity index (χ1n) is 8.97. The summed E-state index contributed by atoms with van der Waals surface area (Å²) in [5, 5.41) is 10.3. The van der Waals surface area contributed by atoms with Crippen molar-refractivity contribution in [2.75, 3.05) is 26.4 Å². The van der Waals surface area contributed by atoms with Gasteiger partial charge in [0.15, 0.2) is 0 Å². The lowest BCUT2D eigenvalue weighted by Crippen LogP contribution is -2.38. The van der Waals surface area contributed by atoms with E-state index < -0.39 is 0 Å². The predicted octanol–water partition coefficient (Wildman–Crippen LogP) is 3.81. The molecule has 142 valence electrons. The summed E-state index contributed by atoms with van der Waals surface area (Å²) >= 11 is 0. The highest BCUT2D eigenvalue weighted by Crippen LogP contribution is 2.22. The normalized spacial score (nSPS) is 13.0. The minimum Gasteiger partial charge on any atom is -0.380 e. The fourth-order valence-electron chi connectivity index (χ4n) is 2.13. The maximum Gasteiger partial charge on any atom is 0.225 e. The van der Waals surface area contributed by atoms with E-state index in [9.17, 15) is 4.79 Å². The van der Waals surface area contributed by atoms with Crippen LogP contribution in [-0.4, -0.2) is 44.1 Å². The van der Waals surface area contributed by atoms with E-state index in [1.165, 1.54) is 6.21 Å². The molecule has 0 saturated heterocycles. The summed E-state index contributed by atoms with van der Waals surface area (Å²) in [5.74, 6) is 0.0884. The first-order chi connectivity index (χ1) is 11.0. The van der Waals surface area contributed by atoms with Crippen LogP contribution in [0.25, 0.3) is 0 Å². The second kappa shape index (κ2) is 10.1. The number of hydrogen-bond donors (Lipinski definition) is 2.